The zero-order valence-corrected chi connectivity index (χ0v) is 11.0. The lowest BCUT2D eigenvalue weighted by Crippen LogP contribution is -2.50. The van der Waals surface area contributed by atoms with Crippen LogP contribution in [0.3, 0.4) is 0 Å². The van der Waals surface area contributed by atoms with Crippen LogP contribution in [0.15, 0.2) is 24.3 Å². The molecule has 2 N–H and O–H groups in total. The van der Waals surface area contributed by atoms with E-state index >= 15 is 0 Å². The van der Waals surface area contributed by atoms with Crippen molar-refractivity contribution in [3.8, 4) is 0 Å². The highest BCUT2D eigenvalue weighted by Gasteiger charge is 2.29. The van der Waals surface area contributed by atoms with Gasteiger partial charge in [-0.15, -0.1) is 0 Å². The molecule has 104 valence electrons. The molecule has 1 fully saturated rings. The Hall–Kier alpha value is -1.46. The molecule has 0 bridgehead atoms. The lowest BCUT2D eigenvalue weighted by Gasteiger charge is -2.37. The van der Waals surface area contributed by atoms with Crippen LogP contribution in [-0.4, -0.2) is 43.7 Å². The van der Waals surface area contributed by atoms with Gasteiger partial charge in [0.1, 0.15) is 12.4 Å². The van der Waals surface area contributed by atoms with Gasteiger partial charge in [-0.3, -0.25) is 4.79 Å². The Morgan fingerprint density at radius 3 is 2.74 bits per heavy atom. The van der Waals surface area contributed by atoms with E-state index in [4.69, 9.17) is 10.5 Å². The molecule has 1 aliphatic rings. The summed E-state index contributed by atoms with van der Waals surface area (Å²) in [5.74, 6) is -0.104. The van der Waals surface area contributed by atoms with Crippen molar-refractivity contribution in [3.63, 3.8) is 0 Å². The van der Waals surface area contributed by atoms with Gasteiger partial charge in [-0.1, -0.05) is 12.1 Å². The van der Waals surface area contributed by atoms with Crippen LogP contribution < -0.4 is 5.73 Å². The number of hydrogen-bond donors (Lipinski definition) is 1. The molecule has 2 rings (SSSR count). The molecule has 1 saturated heterocycles. The van der Waals surface area contributed by atoms with E-state index in [0.29, 0.717) is 13.1 Å². The maximum absolute atomic E-state index is 12.9. The van der Waals surface area contributed by atoms with Crippen molar-refractivity contribution in [2.24, 2.45) is 5.73 Å². The smallest absolute Gasteiger partial charge is 0.248 e. The number of amides is 1. The second-order valence-corrected chi connectivity index (χ2v) is 4.88. The first kappa shape index (κ1) is 14.0. The summed E-state index contributed by atoms with van der Waals surface area (Å²) in [6, 6.07) is 6.31. The molecule has 4 nitrogen and oxygen atoms in total. The summed E-state index contributed by atoms with van der Waals surface area (Å²) in [7, 11) is 1.50. The van der Waals surface area contributed by atoms with Crippen molar-refractivity contribution >= 4 is 5.91 Å². The van der Waals surface area contributed by atoms with Gasteiger partial charge in [-0.2, -0.15) is 0 Å². The first-order chi connectivity index (χ1) is 9.11. The molecule has 1 aromatic rings. The minimum atomic E-state index is -0.245. The number of carbonyl (C=O) groups excluding carboxylic acids is 1. The van der Waals surface area contributed by atoms with Crippen LogP contribution in [0.1, 0.15) is 17.9 Å². The number of ether oxygens (including phenoxy) is 1. The molecule has 0 saturated carbocycles. The van der Waals surface area contributed by atoms with E-state index in [2.05, 4.69) is 0 Å². The fraction of sp³-hybridized carbons (Fsp3) is 0.500. The zero-order chi connectivity index (χ0) is 13.8. The number of nitrogens with zero attached hydrogens (tertiary/aromatic N) is 1. The zero-order valence-electron chi connectivity index (χ0n) is 11.0. The van der Waals surface area contributed by atoms with E-state index in [-0.39, 0.29) is 30.3 Å². The molecule has 0 spiro atoms. The summed E-state index contributed by atoms with van der Waals surface area (Å²) in [4.78, 5) is 13.5. The Morgan fingerprint density at radius 1 is 1.47 bits per heavy atom. The van der Waals surface area contributed by atoms with Crippen molar-refractivity contribution in [1.82, 2.24) is 4.90 Å². The van der Waals surface area contributed by atoms with Crippen LogP contribution in [0, 0.1) is 5.82 Å². The van der Waals surface area contributed by atoms with Crippen LogP contribution in [0.5, 0.6) is 0 Å². The topological polar surface area (TPSA) is 55.6 Å². The minimum absolute atomic E-state index is 0.0319. The quantitative estimate of drug-likeness (QED) is 0.892. The van der Waals surface area contributed by atoms with Crippen LogP contribution in [0.4, 0.5) is 4.39 Å². The average Bonchev–Trinajstić information content (AvgIpc) is 2.40. The molecule has 1 aromatic carbocycles. The van der Waals surface area contributed by atoms with Crippen molar-refractivity contribution < 1.29 is 13.9 Å². The largest absolute Gasteiger partial charge is 0.375 e. The number of methoxy groups -OCH3 is 1. The molecule has 0 aromatic heterocycles. The molecular weight excluding hydrogens is 247 g/mol. The van der Waals surface area contributed by atoms with E-state index in [9.17, 15) is 9.18 Å². The number of rotatable bonds is 3. The number of likely N-dealkylation sites (tertiary alicyclic amines) is 1. The van der Waals surface area contributed by atoms with Gasteiger partial charge in [-0.05, 0) is 24.1 Å². The average molecular weight is 266 g/mol. The van der Waals surface area contributed by atoms with Gasteiger partial charge in [0, 0.05) is 32.2 Å². The molecule has 2 atom stereocenters. The van der Waals surface area contributed by atoms with E-state index in [1.165, 1.54) is 19.2 Å². The molecule has 1 heterocycles. The van der Waals surface area contributed by atoms with E-state index < -0.39 is 0 Å². The number of benzene rings is 1. The van der Waals surface area contributed by atoms with Gasteiger partial charge < -0.3 is 15.4 Å². The Kier molecular flexibility index (Phi) is 4.50. The Labute approximate surface area is 112 Å². The maximum atomic E-state index is 12.9. The molecule has 1 amide bonds. The Balaban J connectivity index is 2.00. The van der Waals surface area contributed by atoms with Crippen LogP contribution in [-0.2, 0) is 9.53 Å². The number of piperidine rings is 1. The van der Waals surface area contributed by atoms with Gasteiger partial charge in [0.25, 0.3) is 0 Å². The summed E-state index contributed by atoms with van der Waals surface area (Å²) in [5, 5.41) is 0. The predicted octanol–water partition coefficient (Wildman–Crippen LogP) is 1.12. The van der Waals surface area contributed by atoms with E-state index in [1.807, 2.05) is 0 Å². The maximum Gasteiger partial charge on any atom is 0.248 e. The standard InChI is InChI=1S/C14H19FN2O2/c1-19-9-14(18)17-7-6-12(13(16)8-17)10-2-4-11(15)5-3-10/h2-5,12-13H,6-9,16H2,1H3. The Morgan fingerprint density at radius 2 is 2.16 bits per heavy atom. The molecule has 1 aliphatic heterocycles. The van der Waals surface area contributed by atoms with Crippen molar-refractivity contribution in [2.45, 2.75) is 18.4 Å². The fourth-order valence-electron chi connectivity index (χ4n) is 2.55. The lowest BCUT2D eigenvalue weighted by molar-refractivity contribution is -0.136. The number of halogens is 1. The SMILES string of the molecule is COCC(=O)N1CCC(c2ccc(F)cc2)C(N)C1. The number of hydrogen-bond acceptors (Lipinski definition) is 3. The molecule has 19 heavy (non-hydrogen) atoms. The van der Waals surface area contributed by atoms with Crippen LogP contribution in [0.25, 0.3) is 0 Å². The third-order valence-corrected chi connectivity index (χ3v) is 3.58. The van der Waals surface area contributed by atoms with Crippen molar-refractivity contribution in [3.05, 3.63) is 35.6 Å². The van der Waals surface area contributed by atoms with Crippen LogP contribution in [0.2, 0.25) is 0 Å². The van der Waals surface area contributed by atoms with E-state index in [1.54, 1.807) is 17.0 Å². The van der Waals surface area contributed by atoms with Crippen molar-refractivity contribution in [2.75, 3.05) is 26.8 Å². The molecule has 0 aliphatic carbocycles. The second kappa shape index (κ2) is 6.12. The fourth-order valence-corrected chi connectivity index (χ4v) is 2.55. The van der Waals surface area contributed by atoms with Crippen molar-refractivity contribution in [1.29, 1.82) is 0 Å². The second-order valence-electron chi connectivity index (χ2n) is 4.88. The number of carbonyl (C=O) groups is 1. The van der Waals surface area contributed by atoms with Gasteiger partial charge in [-0.25, -0.2) is 4.39 Å². The summed E-state index contributed by atoms with van der Waals surface area (Å²) in [6.07, 6.45) is 0.794. The molecule has 0 radical (unpaired) electrons. The molecule has 5 heteroatoms. The number of nitrogens with two attached hydrogens (primary N) is 1. The van der Waals surface area contributed by atoms with Gasteiger partial charge in [0.15, 0.2) is 0 Å². The summed E-state index contributed by atoms with van der Waals surface area (Å²) in [6.45, 7) is 1.27. The van der Waals surface area contributed by atoms with E-state index in [0.717, 1.165) is 12.0 Å². The summed E-state index contributed by atoms with van der Waals surface area (Å²) in [5.41, 5.74) is 7.18. The predicted molar refractivity (Wildman–Crippen MR) is 70.2 cm³/mol. The highest BCUT2D eigenvalue weighted by molar-refractivity contribution is 5.77. The third-order valence-electron chi connectivity index (χ3n) is 3.58. The summed E-state index contributed by atoms with van der Waals surface area (Å²) < 4.78 is 17.7. The normalized spacial score (nSPS) is 23.4. The first-order valence-corrected chi connectivity index (χ1v) is 6.39. The van der Waals surface area contributed by atoms with Gasteiger partial charge in [0.05, 0.1) is 0 Å². The molecular formula is C14H19FN2O2. The van der Waals surface area contributed by atoms with Gasteiger partial charge in [0.2, 0.25) is 5.91 Å². The lowest BCUT2D eigenvalue weighted by atomic mass is 9.86. The third kappa shape index (κ3) is 3.30. The Bertz CT molecular complexity index is 436. The highest BCUT2D eigenvalue weighted by Crippen LogP contribution is 2.27. The summed E-state index contributed by atoms with van der Waals surface area (Å²) >= 11 is 0. The van der Waals surface area contributed by atoms with Crippen LogP contribution >= 0.6 is 0 Å². The van der Waals surface area contributed by atoms with Gasteiger partial charge >= 0.3 is 0 Å². The monoisotopic (exact) mass is 266 g/mol. The minimum Gasteiger partial charge on any atom is -0.375 e. The molecule has 2 unspecified atom stereocenters. The highest BCUT2D eigenvalue weighted by atomic mass is 19.1. The first-order valence-electron chi connectivity index (χ1n) is 6.39.